The van der Waals surface area contributed by atoms with Crippen molar-refractivity contribution in [1.29, 1.82) is 0 Å². The molecule has 212 valence electrons. The van der Waals surface area contributed by atoms with E-state index < -0.39 is 17.1 Å². The summed E-state index contributed by atoms with van der Waals surface area (Å²) in [6.07, 6.45) is 5.77. The van der Waals surface area contributed by atoms with Gasteiger partial charge in [0.25, 0.3) is 5.91 Å². The number of nitrogens with zero attached hydrogens (tertiary/aromatic N) is 2. The van der Waals surface area contributed by atoms with Crippen LogP contribution in [0.4, 0.5) is 0 Å². The summed E-state index contributed by atoms with van der Waals surface area (Å²) in [7, 11) is 3.06. The minimum absolute atomic E-state index is 0.0352. The summed E-state index contributed by atoms with van der Waals surface area (Å²) in [5.74, 6) is 0.856. The first kappa shape index (κ1) is 26.0. The smallest absolute Gasteiger partial charge is 0.319 e. The molecule has 1 aliphatic heterocycles. The van der Waals surface area contributed by atoms with Crippen LogP contribution in [0.1, 0.15) is 59.2 Å². The van der Waals surface area contributed by atoms with Crippen molar-refractivity contribution in [2.45, 2.75) is 62.1 Å². The summed E-state index contributed by atoms with van der Waals surface area (Å²) in [6, 6.07) is 12.0. The first-order valence-electron chi connectivity index (χ1n) is 14.3. The van der Waals surface area contributed by atoms with E-state index in [2.05, 4.69) is 15.3 Å². The lowest BCUT2D eigenvalue weighted by Crippen LogP contribution is -2.69. The van der Waals surface area contributed by atoms with Crippen molar-refractivity contribution >= 4 is 11.7 Å². The van der Waals surface area contributed by atoms with Gasteiger partial charge >= 0.3 is 6.01 Å². The molecule has 2 saturated carbocycles. The molecule has 1 spiro atoms. The van der Waals surface area contributed by atoms with Gasteiger partial charge in [0.15, 0.2) is 11.9 Å². The van der Waals surface area contributed by atoms with E-state index in [1.165, 1.54) is 7.11 Å². The number of ketones is 1. The Labute approximate surface area is 238 Å². The van der Waals surface area contributed by atoms with E-state index >= 15 is 0 Å². The highest BCUT2D eigenvalue weighted by Crippen LogP contribution is 2.66. The van der Waals surface area contributed by atoms with E-state index in [-0.39, 0.29) is 23.6 Å². The summed E-state index contributed by atoms with van der Waals surface area (Å²) < 4.78 is 16.8. The Morgan fingerprint density at radius 1 is 1.15 bits per heavy atom. The molecule has 3 aromatic rings. The molecule has 3 aliphatic carbocycles. The Kier molecular flexibility index (Phi) is 6.04. The van der Waals surface area contributed by atoms with Gasteiger partial charge in [-0.1, -0.05) is 36.8 Å². The quantitative estimate of drug-likeness (QED) is 0.454. The molecule has 2 aromatic carbocycles. The second-order valence-corrected chi connectivity index (χ2v) is 11.6. The fourth-order valence-corrected chi connectivity index (χ4v) is 7.90. The van der Waals surface area contributed by atoms with Crippen LogP contribution < -0.4 is 19.5 Å². The van der Waals surface area contributed by atoms with Crippen molar-refractivity contribution in [3.05, 3.63) is 64.8 Å². The summed E-state index contributed by atoms with van der Waals surface area (Å²) in [5, 5.41) is 15.1. The predicted octanol–water partition coefficient (Wildman–Crippen LogP) is 3.58. The number of aliphatic hydroxyl groups is 1. The topological polar surface area (TPSA) is 120 Å². The molecular weight excluding hydrogens is 522 g/mol. The van der Waals surface area contributed by atoms with Crippen molar-refractivity contribution in [2.75, 3.05) is 20.8 Å². The number of ether oxygens (including phenoxy) is 3. The molecule has 0 radical (unpaired) electrons. The third-order valence-corrected chi connectivity index (χ3v) is 9.77. The molecule has 2 heterocycles. The minimum Gasteiger partial charge on any atom is -0.480 e. The van der Waals surface area contributed by atoms with Gasteiger partial charge in [0.2, 0.25) is 5.88 Å². The summed E-state index contributed by atoms with van der Waals surface area (Å²) in [6.45, 7) is 0.434. The highest BCUT2D eigenvalue weighted by atomic mass is 16.5. The van der Waals surface area contributed by atoms with E-state index in [4.69, 9.17) is 14.2 Å². The van der Waals surface area contributed by atoms with Gasteiger partial charge in [0.05, 0.1) is 36.4 Å². The van der Waals surface area contributed by atoms with Crippen molar-refractivity contribution in [3.8, 4) is 28.8 Å². The zero-order valence-electron chi connectivity index (χ0n) is 23.2. The Morgan fingerprint density at radius 2 is 1.98 bits per heavy atom. The van der Waals surface area contributed by atoms with Crippen molar-refractivity contribution < 1.29 is 28.9 Å². The molecular formula is C32H33N3O6. The number of carbonyl (C=O) groups excluding carboxylic acids is 2. The van der Waals surface area contributed by atoms with E-state index in [0.29, 0.717) is 49.4 Å². The third kappa shape index (κ3) is 3.71. The van der Waals surface area contributed by atoms with Gasteiger partial charge in [-0.05, 0) is 60.8 Å². The fraction of sp³-hybridized carbons (Fsp3) is 0.438. The molecule has 1 amide bonds. The van der Waals surface area contributed by atoms with Gasteiger partial charge in [0, 0.05) is 24.7 Å². The van der Waals surface area contributed by atoms with Gasteiger partial charge in [-0.15, -0.1) is 0 Å². The Morgan fingerprint density at radius 3 is 2.76 bits per heavy atom. The van der Waals surface area contributed by atoms with Crippen LogP contribution in [-0.2, 0) is 23.1 Å². The highest BCUT2D eigenvalue weighted by molar-refractivity contribution is 5.99. The average molecular weight is 556 g/mol. The molecule has 2 fully saturated rings. The average Bonchev–Trinajstić information content (AvgIpc) is 3.34. The molecule has 2 N–H and O–H groups in total. The summed E-state index contributed by atoms with van der Waals surface area (Å²) >= 11 is 0. The highest BCUT2D eigenvalue weighted by Gasteiger charge is 2.71. The molecule has 0 saturated heterocycles. The number of carbonyl (C=O) groups is 2. The SMILES string of the molecule is COc1ncc(-c2ccc(CCNC(=O)c3ccc4c5c3O[C@H]3C(=O)CC[C@@]6(O)[C@H](CCC[C@]536)C4)cc2)c(OC)n1. The molecule has 4 aliphatic rings. The maximum Gasteiger partial charge on any atom is 0.319 e. The van der Waals surface area contributed by atoms with Crippen molar-refractivity contribution in [2.24, 2.45) is 5.92 Å². The van der Waals surface area contributed by atoms with Gasteiger partial charge in [-0.25, -0.2) is 4.98 Å². The number of nitrogens with one attached hydrogen (secondary N) is 1. The standard InChI is InChI=1S/C32H33N3O6/c1-39-29-23(17-34-30(35-29)40-2)19-7-5-18(6-8-19)12-15-33-28(37)22-10-9-20-16-21-4-3-13-31-25(20)26(22)41-27(31)24(36)11-14-32(21,31)38/h5-10,17,21,27,38H,3-4,11-16H2,1-2H3,(H,33,37)/t21-,27+,31+,32-/m1/s1. The molecule has 41 heavy (non-hydrogen) atoms. The van der Waals surface area contributed by atoms with E-state index in [1.807, 2.05) is 36.4 Å². The van der Waals surface area contributed by atoms with Gasteiger partial charge in [-0.3, -0.25) is 9.59 Å². The Bertz CT molecular complexity index is 1560. The fourth-order valence-electron chi connectivity index (χ4n) is 7.90. The number of methoxy groups -OCH3 is 2. The zero-order valence-corrected chi connectivity index (χ0v) is 23.2. The van der Waals surface area contributed by atoms with E-state index in [9.17, 15) is 14.7 Å². The molecule has 7 rings (SSSR count). The second kappa shape index (κ2) is 9.55. The number of hydrogen-bond acceptors (Lipinski definition) is 8. The van der Waals surface area contributed by atoms with Crippen LogP contribution in [0.3, 0.4) is 0 Å². The number of amides is 1. The molecule has 4 atom stereocenters. The van der Waals surface area contributed by atoms with E-state index in [0.717, 1.165) is 47.1 Å². The lowest BCUT2D eigenvalue weighted by Gasteiger charge is -2.59. The van der Waals surface area contributed by atoms with Gasteiger partial charge in [0.1, 0.15) is 5.75 Å². The van der Waals surface area contributed by atoms with Crippen LogP contribution in [0.5, 0.6) is 17.6 Å². The van der Waals surface area contributed by atoms with Crippen LogP contribution >= 0.6 is 0 Å². The lowest BCUT2D eigenvalue weighted by atomic mass is 9.45. The number of rotatable bonds is 7. The zero-order chi connectivity index (χ0) is 28.4. The van der Waals surface area contributed by atoms with Crippen molar-refractivity contribution in [1.82, 2.24) is 15.3 Å². The first-order valence-corrected chi connectivity index (χ1v) is 14.3. The number of hydrogen-bond donors (Lipinski definition) is 2. The largest absolute Gasteiger partial charge is 0.480 e. The lowest BCUT2D eigenvalue weighted by molar-refractivity contribution is -0.177. The number of aromatic nitrogens is 2. The first-order chi connectivity index (χ1) is 19.9. The molecule has 2 bridgehead atoms. The third-order valence-electron chi connectivity index (χ3n) is 9.77. The van der Waals surface area contributed by atoms with Gasteiger partial charge in [-0.2, -0.15) is 4.98 Å². The van der Waals surface area contributed by atoms with E-state index in [1.54, 1.807) is 13.3 Å². The maximum absolute atomic E-state index is 13.4. The van der Waals surface area contributed by atoms with Crippen LogP contribution in [0.2, 0.25) is 0 Å². The van der Waals surface area contributed by atoms with Crippen LogP contribution in [-0.4, -0.2) is 59.2 Å². The van der Waals surface area contributed by atoms with Crippen molar-refractivity contribution in [3.63, 3.8) is 0 Å². The summed E-state index contributed by atoms with van der Waals surface area (Å²) in [5.41, 5.74) is 3.50. The normalized spacial score (nSPS) is 27.0. The monoisotopic (exact) mass is 555 g/mol. The van der Waals surface area contributed by atoms with Crippen LogP contribution in [0.15, 0.2) is 42.6 Å². The van der Waals surface area contributed by atoms with Crippen LogP contribution in [0, 0.1) is 5.92 Å². The molecule has 9 heteroatoms. The molecule has 1 aromatic heterocycles. The minimum atomic E-state index is -0.953. The molecule has 0 unspecified atom stereocenters. The maximum atomic E-state index is 13.4. The second-order valence-electron chi connectivity index (χ2n) is 11.6. The van der Waals surface area contributed by atoms with Gasteiger partial charge < -0.3 is 24.6 Å². The Hall–Kier alpha value is -3.98. The van der Waals surface area contributed by atoms with Crippen LogP contribution in [0.25, 0.3) is 11.1 Å². The summed E-state index contributed by atoms with van der Waals surface area (Å²) in [4.78, 5) is 35.0. The molecule has 9 nitrogen and oxygen atoms in total. The predicted molar refractivity (Wildman–Crippen MR) is 149 cm³/mol. The number of Topliss-reactive ketones (excluding diaryl/α,β-unsaturated/α-hetero) is 1. The number of benzene rings is 2. The Balaban J connectivity index is 1.09.